The Bertz CT molecular complexity index is 564. The van der Waals surface area contributed by atoms with E-state index in [2.05, 4.69) is 0 Å². The number of rotatable bonds is 5. The lowest BCUT2D eigenvalue weighted by atomic mass is 10.0. The van der Waals surface area contributed by atoms with Crippen LogP contribution in [-0.2, 0) is 16.1 Å². The van der Waals surface area contributed by atoms with Crippen LogP contribution in [0.5, 0.6) is 5.75 Å². The van der Waals surface area contributed by atoms with Gasteiger partial charge in [0.1, 0.15) is 5.75 Å². The first kappa shape index (κ1) is 15.2. The zero-order valence-corrected chi connectivity index (χ0v) is 12.3. The van der Waals surface area contributed by atoms with Gasteiger partial charge >= 0.3 is 0 Å². The Morgan fingerprint density at radius 3 is 2.48 bits per heavy atom. The van der Waals surface area contributed by atoms with E-state index < -0.39 is 0 Å². The van der Waals surface area contributed by atoms with Crippen molar-refractivity contribution in [2.24, 2.45) is 0 Å². The van der Waals surface area contributed by atoms with Crippen LogP contribution in [0.3, 0.4) is 0 Å². The number of benzene rings is 1. The number of ketones is 1. The number of carbonyl (C=O) groups is 3. The van der Waals surface area contributed by atoms with Crippen molar-refractivity contribution < 1.29 is 19.1 Å². The largest absolute Gasteiger partial charge is 0.494 e. The maximum atomic E-state index is 11.9. The van der Waals surface area contributed by atoms with E-state index in [4.69, 9.17) is 4.74 Å². The van der Waals surface area contributed by atoms with Crippen LogP contribution in [0.15, 0.2) is 18.2 Å². The molecule has 0 radical (unpaired) electrons. The molecule has 0 unspecified atom stereocenters. The lowest BCUT2D eigenvalue weighted by Crippen LogP contribution is -2.39. The minimum Gasteiger partial charge on any atom is -0.494 e. The highest BCUT2D eigenvalue weighted by molar-refractivity contribution is 5.97. The Balaban J connectivity index is 2.31. The van der Waals surface area contributed by atoms with Gasteiger partial charge in [0.25, 0.3) is 0 Å². The third-order valence-electron chi connectivity index (χ3n) is 3.48. The normalized spacial score (nSPS) is 15.2. The zero-order valence-electron chi connectivity index (χ0n) is 12.3. The minimum absolute atomic E-state index is 0.0596. The highest BCUT2D eigenvalue weighted by Gasteiger charge is 2.26. The molecule has 1 fully saturated rings. The van der Waals surface area contributed by atoms with Gasteiger partial charge < -0.3 is 4.74 Å². The molecule has 5 nitrogen and oxygen atoms in total. The van der Waals surface area contributed by atoms with Crippen LogP contribution in [0.2, 0.25) is 0 Å². The molecule has 0 aromatic heterocycles. The second-order valence-corrected chi connectivity index (χ2v) is 5.04. The quantitative estimate of drug-likeness (QED) is 0.616. The standard InChI is InChI=1S/C16H19NO4/c1-3-21-14-8-7-12(11(2)18)9-13(14)10-17-15(19)5-4-6-16(17)20/h7-9H,3-6,10H2,1-2H3. The van der Waals surface area contributed by atoms with Crippen molar-refractivity contribution >= 4 is 17.6 Å². The van der Waals surface area contributed by atoms with Gasteiger partial charge in [0.15, 0.2) is 5.78 Å². The molecule has 0 N–H and O–H groups in total. The molecule has 0 spiro atoms. The van der Waals surface area contributed by atoms with Gasteiger partial charge in [-0.25, -0.2) is 0 Å². The summed E-state index contributed by atoms with van der Waals surface area (Å²) in [5.74, 6) is 0.216. The van der Waals surface area contributed by atoms with Gasteiger partial charge in [-0.1, -0.05) is 0 Å². The van der Waals surface area contributed by atoms with Gasteiger partial charge in [0.2, 0.25) is 11.8 Å². The predicted molar refractivity (Wildman–Crippen MR) is 77.0 cm³/mol. The zero-order chi connectivity index (χ0) is 15.4. The average Bonchev–Trinajstić information content (AvgIpc) is 2.44. The molecule has 1 aromatic carbocycles. The first-order chi connectivity index (χ1) is 10.0. The summed E-state index contributed by atoms with van der Waals surface area (Å²) in [6.07, 6.45) is 1.39. The van der Waals surface area contributed by atoms with E-state index in [0.717, 1.165) is 0 Å². The van der Waals surface area contributed by atoms with Crippen LogP contribution < -0.4 is 4.74 Å². The number of imide groups is 1. The van der Waals surface area contributed by atoms with E-state index in [9.17, 15) is 14.4 Å². The van der Waals surface area contributed by atoms with Gasteiger partial charge in [0.05, 0.1) is 13.2 Å². The number of ether oxygens (including phenoxy) is 1. The van der Waals surface area contributed by atoms with Crippen LogP contribution in [0.25, 0.3) is 0 Å². The van der Waals surface area contributed by atoms with Gasteiger partial charge in [-0.15, -0.1) is 0 Å². The van der Waals surface area contributed by atoms with E-state index >= 15 is 0 Å². The van der Waals surface area contributed by atoms with Gasteiger partial charge in [-0.3, -0.25) is 19.3 Å². The molecule has 2 rings (SSSR count). The maximum absolute atomic E-state index is 11.9. The summed E-state index contributed by atoms with van der Waals surface area (Å²) in [6.45, 7) is 3.99. The average molecular weight is 289 g/mol. The molecule has 112 valence electrons. The van der Waals surface area contributed by atoms with Crippen LogP contribution in [0, 0.1) is 0 Å². The topological polar surface area (TPSA) is 63.7 Å². The molecule has 1 aliphatic rings. The summed E-state index contributed by atoms with van der Waals surface area (Å²) in [4.78, 5) is 36.5. The van der Waals surface area contributed by atoms with E-state index in [0.29, 0.717) is 42.7 Å². The monoisotopic (exact) mass is 289 g/mol. The fourth-order valence-corrected chi connectivity index (χ4v) is 2.36. The molecular weight excluding hydrogens is 270 g/mol. The van der Waals surface area contributed by atoms with Crippen molar-refractivity contribution in [2.45, 2.75) is 39.7 Å². The van der Waals surface area contributed by atoms with Crippen molar-refractivity contribution in [1.82, 2.24) is 4.90 Å². The summed E-state index contributed by atoms with van der Waals surface area (Å²) in [6, 6.07) is 5.10. The molecule has 5 heteroatoms. The highest BCUT2D eigenvalue weighted by Crippen LogP contribution is 2.24. The van der Waals surface area contributed by atoms with Gasteiger partial charge in [0, 0.05) is 24.0 Å². The Hall–Kier alpha value is -2.17. The number of hydrogen-bond acceptors (Lipinski definition) is 4. The van der Waals surface area contributed by atoms with Crippen LogP contribution in [-0.4, -0.2) is 29.1 Å². The third kappa shape index (κ3) is 3.48. The van der Waals surface area contributed by atoms with Crippen molar-refractivity contribution in [1.29, 1.82) is 0 Å². The predicted octanol–water partition coefficient (Wildman–Crippen LogP) is 2.33. The minimum atomic E-state index is -0.165. The van der Waals surface area contributed by atoms with Gasteiger partial charge in [-0.05, 0) is 38.5 Å². The fraction of sp³-hybridized carbons (Fsp3) is 0.438. The number of piperidine rings is 1. The number of carbonyl (C=O) groups excluding carboxylic acids is 3. The third-order valence-corrected chi connectivity index (χ3v) is 3.48. The Kier molecular flexibility index (Phi) is 4.73. The number of Topliss-reactive ketones (excluding diaryl/α,β-unsaturated/α-hetero) is 1. The van der Waals surface area contributed by atoms with Crippen molar-refractivity contribution in [3.63, 3.8) is 0 Å². The summed E-state index contributed by atoms with van der Waals surface area (Å²) in [5, 5.41) is 0. The smallest absolute Gasteiger partial charge is 0.229 e. The summed E-state index contributed by atoms with van der Waals surface area (Å²) < 4.78 is 5.52. The van der Waals surface area contributed by atoms with Gasteiger partial charge in [-0.2, -0.15) is 0 Å². The van der Waals surface area contributed by atoms with Crippen molar-refractivity contribution in [3.8, 4) is 5.75 Å². The van der Waals surface area contributed by atoms with Crippen LogP contribution >= 0.6 is 0 Å². The lowest BCUT2D eigenvalue weighted by molar-refractivity contribution is -0.148. The summed E-state index contributed by atoms with van der Waals surface area (Å²) >= 11 is 0. The van der Waals surface area contributed by atoms with E-state index in [-0.39, 0.29) is 24.1 Å². The molecule has 1 heterocycles. The molecule has 0 saturated carbocycles. The maximum Gasteiger partial charge on any atom is 0.229 e. The first-order valence-electron chi connectivity index (χ1n) is 7.12. The second-order valence-electron chi connectivity index (χ2n) is 5.04. The Morgan fingerprint density at radius 2 is 1.90 bits per heavy atom. The van der Waals surface area contributed by atoms with Crippen LogP contribution in [0.4, 0.5) is 0 Å². The molecule has 2 amide bonds. The number of likely N-dealkylation sites (tertiary alicyclic amines) is 1. The molecule has 1 aliphatic heterocycles. The molecule has 1 aromatic rings. The Labute approximate surface area is 123 Å². The molecule has 0 atom stereocenters. The van der Waals surface area contributed by atoms with E-state index in [1.807, 2.05) is 6.92 Å². The molecule has 1 saturated heterocycles. The van der Waals surface area contributed by atoms with Crippen LogP contribution in [0.1, 0.15) is 49.0 Å². The number of nitrogens with zero attached hydrogens (tertiary/aromatic N) is 1. The molecular formula is C16H19NO4. The summed E-state index contributed by atoms with van der Waals surface area (Å²) in [7, 11) is 0. The lowest BCUT2D eigenvalue weighted by Gasteiger charge is -2.25. The Morgan fingerprint density at radius 1 is 1.24 bits per heavy atom. The number of hydrogen-bond donors (Lipinski definition) is 0. The second kappa shape index (κ2) is 6.52. The SMILES string of the molecule is CCOc1ccc(C(C)=O)cc1CN1C(=O)CCCC1=O. The molecule has 0 bridgehead atoms. The van der Waals surface area contributed by atoms with Crippen molar-refractivity contribution in [3.05, 3.63) is 29.3 Å². The highest BCUT2D eigenvalue weighted by atomic mass is 16.5. The fourth-order valence-electron chi connectivity index (χ4n) is 2.36. The number of amides is 2. The molecule has 21 heavy (non-hydrogen) atoms. The summed E-state index contributed by atoms with van der Waals surface area (Å²) in [5.41, 5.74) is 1.23. The van der Waals surface area contributed by atoms with E-state index in [1.54, 1.807) is 18.2 Å². The van der Waals surface area contributed by atoms with E-state index in [1.165, 1.54) is 11.8 Å². The molecule has 0 aliphatic carbocycles. The first-order valence-corrected chi connectivity index (χ1v) is 7.12. The van der Waals surface area contributed by atoms with Crippen molar-refractivity contribution in [2.75, 3.05) is 6.61 Å².